The van der Waals surface area contributed by atoms with Gasteiger partial charge in [-0.15, -0.1) is 0 Å². The third-order valence-corrected chi connectivity index (χ3v) is 4.39. The van der Waals surface area contributed by atoms with E-state index in [-0.39, 0.29) is 11.5 Å². The molecular formula is C18H21N3O5S. The van der Waals surface area contributed by atoms with Crippen molar-refractivity contribution in [1.82, 2.24) is 5.43 Å². The second-order valence-electron chi connectivity index (χ2n) is 5.47. The largest absolute Gasteiger partial charge is 0.490 e. The van der Waals surface area contributed by atoms with Gasteiger partial charge in [0.25, 0.3) is 5.91 Å². The fraction of sp³-hybridized carbons (Fsp3) is 0.222. The molecule has 0 heterocycles. The van der Waals surface area contributed by atoms with Crippen LogP contribution in [0.2, 0.25) is 0 Å². The average Bonchev–Trinajstić information content (AvgIpc) is 2.65. The molecule has 0 atom stereocenters. The molecule has 144 valence electrons. The van der Waals surface area contributed by atoms with Gasteiger partial charge in [0, 0.05) is 0 Å². The maximum Gasteiger partial charge on any atom is 0.277 e. The Kier molecular flexibility index (Phi) is 6.91. The topological polar surface area (TPSA) is 120 Å². The summed E-state index contributed by atoms with van der Waals surface area (Å²) in [6, 6.07) is 12.9. The van der Waals surface area contributed by atoms with E-state index in [1.807, 2.05) is 13.0 Å². The number of sulfonamides is 1. The molecule has 0 saturated heterocycles. The van der Waals surface area contributed by atoms with E-state index in [2.05, 4.69) is 10.5 Å². The summed E-state index contributed by atoms with van der Waals surface area (Å²) in [5.74, 6) is 0.581. The maximum absolute atomic E-state index is 11.9. The highest BCUT2D eigenvalue weighted by molar-refractivity contribution is 7.89. The SMILES string of the molecule is CCOc1ccccc1OCC(=O)N/N=C(\C)c1ccc(S(N)(=O)=O)cc1. The number of hydrazone groups is 1. The number of nitrogens with two attached hydrogens (primary N) is 1. The van der Waals surface area contributed by atoms with Gasteiger partial charge in [-0.1, -0.05) is 24.3 Å². The summed E-state index contributed by atoms with van der Waals surface area (Å²) in [5, 5.41) is 9.04. The summed E-state index contributed by atoms with van der Waals surface area (Å²) >= 11 is 0. The molecule has 0 spiro atoms. The number of para-hydroxylation sites is 2. The Labute approximate surface area is 158 Å². The van der Waals surface area contributed by atoms with Gasteiger partial charge in [0.05, 0.1) is 17.2 Å². The van der Waals surface area contributed by atoms with Gasteiger partial charge in [0.2, 0.25) is 10.0 Å². The van der Waals surface area contributed by atoms with E-state index in [1.54, 1.807) is 37.3 Å². The van der Waals surface area contributed by atoms with Crippen LogP contribution in [0.1, 0.15) is 19.4 Å². The van der Waals surface area contributed by atoms with Crippen molar-refractivity contribution in [2.24, 2.45) is 10.2 Å². The Bertz CT molecular complexity index is 924. The molecule has 0 unspecified atom stereocenters. The lowest BCUT2D eigenvalue weighted by atomic mass is 10.1. The minimum Gasteiger partial charge on any atom is -0.490 e. The number of nitrogens with one attached hydrogen (secondary N) is 1. The van der Waals surface area contributed by atoms with Crippen LogP contribution < -0.4 is 20.0 Å². The van der Waals surface area contributed by atoms with Crippen LogP contribution in [0.5, 0.6) is 11.5 Å². The molecule has 2 aromatic carbocycles. The minimum atomic E-state index is -3.75. The van der Waals surface area contributed by atoms with Gasteiger partial charge in [-0.25, -0.2) is 19.0 Å². The molecule has 0 saturated carbocycles. The summed E-state index contributed by atoms with van der Waals surface area (Å²) in [6.07, 6.45) is 0. The third kappa shape index (κ3) is 6.08. The summed E-state index contributed by atoms with van der Waals surface area (Å²) < 4.78 is 33.4. The van der Waals surface area contributed by atoms with Crippen molar-refractivity contribution in [3.05, 3.63) is 54.1 Å². The second kappa shape index (κ2) is 9.15. The van der Waals surface area contributed by atoms with E-state index < -0.39 is 15.9 Å². The van der Waals surface area contributed by atoms with Gasteiger partial charge in [0.15, 0.2) is 18.1 Å². The Morgan fingerprint density at radius 1 is 1.07 bits per heavy atom. The molecular weight excluding hydrogens is 370 g/mol. The minimum absolute atomic E-state index is 0.00412. The number of hydrogen-bond acceptors (Lipinski definition) is 6. The van der Waals surface area contributed by atoms with Crippen molar-refractivity contribution in [2.75, 3.05) is 13.2 Å². The van der Waals surface area contributed by atoms with Gasteiger partial charge in [-0.2, -0.15) is 5.10 Å². The monoisotopic (exact) mass is 391 g/mol. The van der Waals surface area contributed by atoms with Crippen LogP contribution in [0.15, 0.2) is 58.5 Å². The van der Waals surface area contributed by atoms with Crippen molar-refractivity contribution in [2.45, 2.75) is 18.7 Å². The second-order valence-corrected chi connectivity index (χ2v) is 7.03. The first kappa shape index (κ1) is 20.4. The fourth-order valence-electron chi connectivity index (χ4n) is 2.12. The highest BCUT2D eigenvalue weighted by Gasteiger charge is 2.09. The predicted octanol–water partition coefficient (Wildman–Crippen LogP) is 1.65. The van der Waals surface area contributed by atoms with Crippen LogP contribution in [-0.2, 0) is 14.8 Å². The first-order valence-electron chi connectivity index (χ1n) is 8.12. The quantitative estimate of drug-likeness (QED) is 0.524. The average molecular weight is 391 g/mol. The Hall–Kier alpha value is -2.91. The highest BCUT2D eigenvalue weighted by Crippen LogP contribution is 2.26. The molecule has 0 radical (unpaired) electrons. The molecule has 8 nitrogen and oxygen atoms in total. The van der Waals surface area contributed by atoms with Crippen molar-refractivity contribution < 1.29 is 22.7 Å². The number of carbonyl (C=O) groups excluding carboxylic acids is 1. The lowest BCUT2D eigenvalue weighted by molar-refractivity contribution is -0.123. The van der Waals surface area contributed by atoms with Crippen molar-refractivity contribution in [1.29, 1.82) is 0 Å². The van der Waals surface area contributed by atoms with Crippen LogP contribution >= 0.6 is 0 Å². The van der Waals surface area contributed by atoms with Gasteiger partial charge >= 0.3 is 0 Å². The Morgan fingerprint density at radius 3 is 2.22 bits per heavy atom. The number of benzene rings is 2. The molecule has 27 heavy (non-hydrogen) atoms. The van der Waals surface area contributed by atoms with Gasteiger partial charge in [0.1, 0.15) is 0 Å². The Balaban J connectivity index is 1.94. The van der Waals surface area contributed by atoms with Crippen molar-refractivity contribution in [3.63, 3.8) is 0 Å². The van der Waals surface area contributed by atoms with E-state index in [1.165, 1.54) is 12.1 Å². The number of ether oxygens (including phenoxy) is 2. The summed E-state index contributed by atoms with van der Waals surface area (Å²) in [5.41, 5.74) is 3.53. The van der Waals surface area contributed by atoms with E-state index in [0.717, 1.165) is 0 Å². The van der Waals surface area contributed by atoms with Crippen LogP contribution in [0.3, 0.4) is 0 Å². The molecule has 0 aromatic heterocycles. The first-order valence-corrected chi connectivity index (χ1v) is 9.67. The zero-order chi connectivity index (χ0) is 19.9. The number of amides is 1. The lowest BCUT2D eigenvalue weighted by Gasteiger charge is -2.10. The molecule has 0 aliphatic rings. The number of hydrogen-bond donors (Lipinski definition) is 2. The lowest BCUT2D eigenvalue weighted by Crippen LogP contribution is -2.25. The van der Waals surface area contributed by atoms with Gasteiger partial charge in [-0.3, -0.25) is 4.79 Å². The van der Waals surface area contributed by atoms with E-state index in [9.17, 15) is 13.2 Å². The molecule has 2 aromatic rings. The van der Waals surface area contributed by atoms with Crippen molar-refractivity contribution in [3.8, 4) is 11.5 Å². The molecule has 0 aliphatic carbocycles. The van der Waals surface area contributed by atoms with Gasteiger partial charge in [-0.05, 0) is 43.7 Å². The summed E-state index contributed by atoms with van der Waals surface area (Å²) in [4.78, 5) is 11.9. The van der Waals surface area contributed by atoms with Crippen molar-refractivity contribution >= 4 is 21.6 Å². The maximum atomic E-state index is 11.9. The molecule has 2 rings (SSSR count). The highest BCUT2D eigenvalue weighted by atomic mass is 32.2. The van der Waals surface area contributed by atoms with E-state index >= 15 is 0 Å². The molecule has 3 N–H and O–H groups in total. The zero-order valence-corrected chi connectivity index (χ0v) is 15.8. The predicted molar refractivity (Wildman–Crippen MR) is 101 cm³/mol. The number of rotatable bonds is 8. The zero-order valence-electron chi connectivity index (χ0n) is 15.0. The molecule has 0 fully saturated rings. The van der Waals surface area contributed by atoms with Crippen LogP contribution in [0.25, 0.3) is 0 Å². The molecule has 0 aliphatic heterocycles. The number of nitrogens with zero attached hydrogens (tertiary/aromatic N) is 1. The smallest absolute Gasteiger partial charge is 0.277 e. The standard InChI is InChI=1S/C18H21N3O5S/c1-3-25-16-6-4-5-7-17(16)26-12-18(22)21-20-13(2)14-8-10-15(11-9-14)27(19,23)24/h4-11H,3,12H2,1-2H3,(H,21,22)(H2,19,23,24)/b20-13+. The number of carbonyl (C=O) groups is 1. The van der Waals surface area contributed by atoms with Crippen LogP contribution in [-0.4, -0.2) is 33.3 Å². The number of primary sulfonamides is 1. The molecule has 1 amide bonds. The third-order valence-electron chi connectivity index (χ3n) is 3.46. The summed E-state index contributed by atoms with van der Waals surface area (Å²) in [6.45, 7) is 3.79. The van der Waals surface area contributed by atoms with E-state index in [0.29, 0.717) is 29.4 Å². The Morgan fingerprint density at radius 2 is 1.67 bits per heavy atom. The van der Waals surface area contributed by atoms with E-state index in [4.69, 9.17) is 14.6 Å². The molecule has 9 heteroatoms. The summed E-state index contributed by atoms with van der Waals surface area (Å²) in [7, 11) is -3.75. The fourth-order valence-corrected chi connectivity index (χ4v) is 2.63. The van der Waals surface area contributed by atoms with Crippen LogP contribution in [0, 0.1) is 0 Å². The van der Waals surface area contributed by atoms with Gasteiger partial charge < -0.3 is 9.47 Å². The normalized spacial score (nSPS) is 11.7. The van der Waals surface area contributed by atoms with Crippen LogP contribution in [0.4, 0.5) is 0 Å². The molecule has 0 bridgehead atoms. The first-order chi connectivity index (χ1) is 12.8.